The van der Waals surface area contributed by atoms with Gasteiger partial charge in [0.15, 0.2) is 0 Å². The number of halogens is 1. The van der Waals surface area contributed by atoms with E-state index in [0.29, 0.717) is 21.9 Å². The summed E-state index contributed by atoms with van der Waals surface area (Å²) < 4.78 is 12.0. The Hall–Kier alpha value is -4.80. The van der Waals surface area contributed by atoms with E-state index in [4.69, 9.17) is 26.2 Å². The zero-order valence-corrected chi connectivity index (χ0v) is 24.8. The van der Waals surface area contributed by atoms with Crippen molar-refractivity contribution in [2.45, 2.75) is 38.2 Å². The smallest absolute Gasteiger partial charge is 0.305 e. The molecule has 4 aromatic carbocycles. The second kappa shape index (κ2) is 14.9. The highest BCUT2D eigenvalue weighted by molar-refractivity contribution is 6.30. The quantitative estimate of drug-likeness (QED) is 0.163. The largest absolute Gasteiger partial charge is 0.497 e. The first kappa shape index (κ1) is 31.1. The molecule has 1 amide bonds. The number of nitrogens with one attached hydrogen (secondary N) is 1. The summed E-state index contributed by atoms with van der Waals surface area (Å²) >= 11 is 6.23. The lowest BCUT2D eigenvalue weighted by atomic mass is 9.85. The summed E-state index contributed by atoms with van der Waals surface area (Å²) in [5.74, 6) is -0.0297. The monoisotopic (exact) mass is 596 g/mol. The highest BCUT2D eigenvalue weighted by Gasteiger charge is 2.27. The van der Waals surface area contributed by atoms with Crippen molar-refractivity contribution in [1.29, 1.82) is 5.26 Å². The van der Waals surface area contributed by atoms with Crippen LogP contribution in [0.25, 0.3) is 11.1 Å². The molecule has 4 aromatic rings. The molecule has 0 aromatic heterocycles. The van der Waals surface area contributed by atoms with E-state index in [1.54, 1.807) is 25.3 Å². The van der Waals surface area contributed by atoms with Gasteiger partial charge in [-0.1, -0.05) is 61.3 Å². The molecule has 0 saturated carbocycles. The van der Waals surface area contributed by atoms with Crippen molar-refractivity contribution in [3.63, 3.8) is 0 Å². The van der Waals surface area contributed by atoms with E-state index in [1.165, 1.54) is 0 Å². The number of ether oxygens (including phenoxy) is 2. The topological polar surface area (TPSA) is 109 Å². The van der Waals surface area contributed by atoms with Crippen molar-refractivity contribution in [1.82, 2.24) is 5.32 Å². The van der Waals surface area contributed by atoms with Crippen LogP contribution in [0.1, 0.15) is 65.3 Å². The van der Waals surface area contributed by atoms with Crippen LogP contribution in [0.5, 0.6) is 11.5 Å². The maximum atomic E-state index is 12.5. The SMILES string of the molecule is CCC[C@H](c1ccc(C(=O)NCCC(=O)O)cc1)[C@@H](Oc1ccc(C#N)c(-c2ccc(OC)cc2)c1)c1ccc(Cl)cc1. The molecule has 0 saturated heterocycles. The van der Waals surface area contributed by atoms with Gasteiger partial charge in [0, 0.05) is 28.6 Å². The molecule has 0 spiro atoms. The molecule has 0 aliphatic rings. The van der Waals surface area contributed by atoms with E-state index >= 15 is 0 Å². The number of nitrogens with zero attached hydrogens (tertiary/aromatic N) is 1. The molecule has 7 nitrogen and oxygen atoms in total. The van der Waals surface area contributed by atoms with Crippen LogP contribution in [0.3, 0.4) is 0 Å². The number of carbonyl (C=O) groups excluding carboxylic acids is 1. The van der Waals surface area contributed by atoms with Gasteiger partial charge in [-0.3, -0.25) is 9.59 Å². The maximum Gasteiger partial charge on any atom is 0.305 e. The average molecular weight is 597 g/mol. The summed E-state index contributed by atoms with van der Waals surface area (Å²) in [5.41, 5.74) is 4.53. The van der Waals surface area contributed by atoms with Gasteiger partial charge in [-0.05, 0) is 77.7 Å². The lowest BCUT2D eigenvalue weighted by molar-refractivity contribution is -0.136. The fraction of sp³-hybridized carbons (Fsp3) is 0.229. The molecule has 43 heavy (non-hydrogen) atoms. The van der Waals surface area contributed by atoms with Gasteiger partial charge in [-0.25, -0.2) is 0 Å². The summed E-state index contributed by atoms with van der Waals surface area (Å²) in [5, 5.41) is 21.9. The zero-order valence-electron chi connectivity index (χ0n) is 24.0. The summed E-state index contributed by atoms with van der Waals surface area (Å²) in [7, 11) is 1.61. The Bertz CT molecular complexity index is 1580. The van der Waals surface area contributed by atoms with Crippen LogP contribution in [0.4, 0.5) is 0 Å². The van der Waals surface area contributed by atoms with Gasteiger partial charge in [-0.15, -0.1) is 0 Å². The fourth-order valence-corrected chi connectivity index (χ4v) is 5.08. The third-order valence-corrected chi connectivity index (χ3v) is 7.42. The minimum atomic E-state index is -0.968. The van der Waals surface area contributed by atoms with Gasteiger partial charge in [0.2, 0.25) is 0 Å². The third kappa shape index (κ3) is 8.15. The molecular formula is C35H33ClN2O5. The third-order valence-electron chi connectivity index (χ3n) is 7.16. The van der Waals surface area contributed by atoms with Crippen molar-refractivity contribution in [3.8, 4) is 28.7 Å². The zero-order chi connectivity index (χ0) is 30.8. The van der Waals surface area contributed by atoms with Gasteiger partial charge in [-0.2, -0.15) is 5.26 Å². The highest BCUT2D eigenvalue weighted by atomic mass is 35.5. The number of carboxylic acid groups (broad SMARTS) is 1. The molecule has 8 heteroatoms. The number of carbonyl (C=O) groups is 2. The summed E-state index contributed by atoms with van der Waals surface area (Å²) in [6, 6.07) is 30.2. The van der Waals surface area contributed by atoms with Crippen LogP contribution in [0.15, 0.2) is 91.0 Å². The van der Waals surface area contributed by atoms with Gasteiger partial charge in [0.05, 0.1) is 25.2 Å². The van der Waals surface area contributed by atoms with Crippen LogP contribution in [0, 0.1) is 11.3 Å². The number of rotatable bonds is 13. The molecule has 0 aliphatic heterocycles. The molecule has 0 heterocycles. The van der Waals surface area contributed by atoms with E-state index in [1.807, 2.05) is 72.8 Å². The average Bonchev–Trinajstić information content (AvgIpc) is 3.03. The van der Waals surface area contributed by atoms with E-state index in [2.05, 4.69) is 18.3 Å². The number of benzene rings is 4. The van der Waals surface area contributed by atoms with Crippen molar-refractivity contribution in [2.24, 2.45) is 0 Å². The number of aliphatic carboxylic acids is 1. The lowest BCUT2D eigenvalue weighted by Crippen LogP contribution is -2.26. The van der Waals surface area contributed by atoms with Crippen molar-refractivity contribution >= 4 is 23.5 Å². The summed E-state index contributed by atoms with van der Waals surface area (Å²) in [6.45, 7) is 2.17. The van der Waals surface area contributed by atoms with Crippen molar-refractivity contribution in [2.75, 3.05) is 13.7 Å². The van der Waals surface area contributed by atoms with E-state index in [-0.39, 0.29) is 24.8 Å². The highest BCUT2D eigenvalue weighted by Crippen LogP contribution is 2.40. The molecule has 220 valence electrons. The van der Waals surface area contributed by atoms with Crippen LogP contribution in [-0.4, -0.2) is 30.6 Å². The van der Waals surface area contributed by atoms with Crippen molar-refractivity contribution in [3.05, 3.63) is 118 Å². The molecule has 0 fully saturated rings. The molecule has 0 aliphatic carbocycles. The Morgan fingerprint density at radius 1 is 0.930 bits per heavy atom. The van der Waals surface area contributed by atoms with Crippen LogP contribution >= 0.6 is 11.6 Å². The first-order valence-corrected chi connectivity index (χ1v) is 14.4. The van der Waals surface area contributed by atoms with E-state index in [9.17, 15) is 14.9 Å². The van der Waals surface area contributed by atoms with Crippen LogP contribution in [0.2, 0.25) is 5.02 Å². The first-order chi connectivity index (χ1) is 20.8. The van der Waals surface area contributed by atoms with Gasteiger partial charge < -0.3 is 19.9 Å². The normalized spacial score (nSPS) is 12.0. The standard InChI is InChI=1S/C35H33ClN2O5/c1-3-4-31(23-5-7-26(8-6-23)35(41)38-20-19-33(39)40)34(25-9-14-28(36)15-10-25)43-30-18-13-27(22-37)32(21-30)24-11-16-29(42-2)17-12-24/h5-18,21,31,34H,3-4,19-20H2,1-2H3,(H,38,41)(H,39,40)/t31-,34+/m1/s1. The minimum Gasteiger partial charge on any atom is -0.497 e. The lowest BCUT2D eigenvalue weighted by Gasteiger charge is -2.29. The summed E-state index contributed by atoms with van der Waals surface area (Å²) in [4.78, 5) is 23.3. The Labute approximate surface area is 256 Å². The predicted molar refractivity (Wildman–Crippen MR) is 167 cm³/mol. The number of hydrogen-bond donors (Lipinski definition) is 2. The van der Waals surface area contributed by atoms with Crippen molar-refractivity contribution < 1.29 is 24.2 Å². The molecule has 0 bridgehead atoms. The first-order valence-electron chi connectivity index (χ1n) is 14.0. The van der Waals surface area contributed by atoms with Crippen LogP contribution < -0.4 is 14.8 Å². The number of nitriles is 1. The number of methoxy groups -OCH3 is 1. The van der Waals surface area contributed by atoms with Gasteiger partial charge in [0.25, 0.3) is 5.91 Å². The molecule has 4 rings (SSSR count). The Kier molecular flexibility index (Phi) is 10.8. The number of amides is 1. The number of carboxylic acids is 1. The Balaban J connectivity index is 1.68. The van der Waals surface area contributed by atoms with Gasteiger partial charge in [0.1, 0.15) is 17.6 Å². The molecule has 2 atom stereocenters. The van der Waals surface area contributed by atoms with E-state index in [0.717, 1.165) is 40.8 Å². The fourth-order valence-electron chi connectivity index (χ4n) is 4.96. The minimum absolute atomic E-state index is 0.0595. The number of hydrogen-bond acceptors (Lipinski definition) is 5. The maximum absolute atomic E-state index is 12.5. The molecule has 0 radical (unpaired) electrons. The van der Waals surface area contributed by atoms with Gasteiger partial charge >= 0.3 is 5.97 Å². The molecule has 2 N–H and O–H groups in total. The summed E-state index contributed by atoms with van der Waals surface area (Å²) in [6.07, 6.45) is 1.15. The molecule has 0 unspecified atom stereocenters. The Morgan fingerprint density at radius 3 is 2.19 bits per heavy atom. The Morgan fingerprint density at radius 2 is 1.58 bits per heavy atom. The van der Waals surface area contributed by atoms with E-state index < -0.39 is 12.1 Å². The molecular weight excluding hydrogens is 564 g/mol. The van der Waals surface area contributed by atoms with Crippen LogP contribution in [-0.2, 0) is 4.79 Å². The predicted octanol–water partition coefficient (Wildman–Crippen LogP) is 7.80. The second-order valence-corrected chi connectivity index (χ2v) is 10.5. The second-order valence-electron chi connectivity index (χ2n) is 10.1.